The molecule has 0 atom stereocenters. The zero-order valence-corrected chi connectivity index (χ0v) is 18.8. The van der Waals surface area contributed by atoms with Crippen LogP contribution in [0.1, 0.15) is 0 Å². The summed E-state index contributed by atoms with van der Waals surface area (Å²) in [7, 11) is -1.02. The van der Waals surface area contributed by atoms with Crippen LogP contribution >= 0.6 is 19.2 Å². The maximum atomic E-state index is 12.8. The zero-order chi connectivity index (χ0) is 24.1. The van der Waals surface area contributed by atoms with Crippen LogP contribution in [0.3, 0.4) is 0 Å². The number of hydrogen-bond acceptors (Lipinski definition) is 9. The second-order valence-corrected chi connectivity index (χ2v) is 8.83. The van der Waals surface area contributed by atoms with Crippen LogP contribution in [0, 0.1) is 0 Å². The van der Waals surface area contributed by atoms with E-state index in [0.29, 0.717) is 5.69 Å². The highest BCUT2D eigenvalue weighted by Crippen LogP contribution is 2.47. The minimum absolute atomic E-state index is 0.0422. The van der Waals surface area contributed by atoms with Crippen LogP contribution in [-0.2, 0) is 13.6 Å². The Morgan fingerprint density at radius 2 is 1.76 bits per heavy atom. The Kier molecular flexibility index (Phi) is 7.65. The molecule has 2 aromatic carbocycles. The smallest absolute Gasteiger partial charge is 0.406 e. The number of rotatable bonds is 9. The van der Waals surface area contributed by atoms with Gasteiger partial charge in [-0.05, 0) is 24.3 Å². The third-order valence-corrected chi connectivity index (χ3v) is 6.28. The van der Waals surface area contributed by atoms with Gasteiger partial charge in [0.05, 0.1) is 17.2 Å². The SMILES string of the molecule is COP(=O)(OC)c1ccccc1NNc1nc(Nc2cccc(OC(F)(F)F)c2)ncc1Cl. The van der Waals surface area contributed by atoms with E-state index in [0.717, 1.165) is 12.1 Å². The van der Waals surface area contributed by atoms with Gasteiger partial charge in [-0.3, -0.25) is 15.4 Å². The fourth-order valence-electron chi connectivity index (χ4n) is 2.63. The number of benzene rings is 2. The van der Waals surface area contributed by atoms with Gasteiger partial charge in [0, 0.05) is 26.0 Å². The second-order valence-electron chi connectivity index (χ2n) is 6.22. The van der Waals surface area contributed by atoms with Gasteiger partial charge in [0.2, 0.25) is 5.95 Å². The summed E-state index contributed by atoms with van der Waals surface area (Å²) in [5.41, 5.74) is 6.26. The summed E-state index contributed by atoms with van der Waals surface area (Å²) in [5, 5.41) is 3.18. The third kappa shape index (κ3) is 6.48. The number of alkyl halides is 3. The van der Waals surface area contributed by atoms with Crippen molar-refractivity contribution < 1.29 is 31.5 Å². The molecule has 0 saturated heterocycles. The molecule has 1 heterocycles. The Hall–Kier alpha value is -3.05. The van der Waals surface area contributed by atoms with Crippen molar-refractivity contribution in [1.29, 1.82) is 0 Å². The maximum Gasteiger partial charge on any atom is 0.573 e. The highest BCUT2D eigenvalue weighted by atomic mass is 35.5. The minimum Gasteiger partial charge on any atom is -0.406 e. The van der Waals surface area contributed by atoms with Gasteiger partial charge in [0.25, 0.3) is 0 Å². The zero-order valence-electron chi connectivity index (χ0n) is 17.2. The number of hydrogen-bond donors (Lipinski definition) is 3. The molecule has 0 spiro atoms. The third-order valence-electron chi connectivity index (χ3n) is 4.06. The van der Waals surface area contributed by atoms with Crippen LogP contribution in [0.5, 0.6) is 5.75 Å². The van der Waals surface area contributed by atoms with Crippen molar-refractivity contribution >= 4 is 47.6 Å². The lowest BCUT2D eigenvalue weighted by molar-refractivity contribution is -0.274. The molecule has 0 aliphatic rings. The van der Waals surface area contributed by atoms with Crippen LogP contribution in [-0.4, -0.2) is 30.5 Å². The molecule has 33 heavy (non-hydrogen) atoms. The van der Waals surface area contributed by atoms with Crippen LogP contribution in [0.25, 0.3) is 0 Å². The quantitative estimate of drug-likeness (QED) is 0.264. The molecular weight excluding hydrogens is 486 g/mol. The second kappa shape index (κ2) is 10.3. The molecule has 0 bridgehead atoms. The van der Waals surface area contributed by atoms with Gasteiger partial charge in [0.1, 0.15) is 10.8 Å². The van der Waals surface area contributed by atoms with E-state index in [2.05, 4.69) is 30.9 Å². The Morgan fingerprint density at radius 3 is 2.45 bits per heavy atom. The molecule has 0 unspecified atom stereocenters. The molecule has 0 fully saturated rings. The molecule has 1 aromatic heterocycles. The summed E-state index contributed by atoms with van der Waals surface area (Å²) in [5.74, 6) is -0.226. The van der Waals surface area contributed by atoms with Gasteiger partial charge in [-0.2, -0.15) is 4.98 Å². The van der Waals surface area contributed by atoms with E-state index in [9.17, 15) is 17.7 Å². The summed E-state index contributed by atoms with van der Waals surface area (Å²) in [6.45, 7) is 0. The molecule has 9 nitrogen and oxygen atoms in total. The standard InChI is InChI=1S/C19H18ClF3N5O4P/c1-30-33(29,31-2)16-9-4-3-8-15(16)27-28-17-14(20)11-24-18(26-17)25-12-6-5-7-13(10-12)32-19(21,22)23/h3-11,27H,1-2H3,(H2,24,25,26,28). The first-order chi connectivity index (χ1) is 15.6. The fourth-order valence-corrected chi connectivity index (χ4v) is 4.01. The van der Waals surface area contributed by atoms with Gasteiger partial charge < -0.3 is 19.1 Å². The van der Waals surface area contributed by atoms with Gasteiger partial charge in [-0.15, -0.1) is 13.2 Å². The highest BCUT2D eigenvalue weighted by molar-refractivity contribution is 7.62. The number of ether oxygens (including phenoxy) is 1. The Balaban J connectivity index is 1.78. The molecular formula is C19H18ClF3N5O4P. The van der Waals surface area contributed by atoms with Crippen LogP contribution in [0.15, 0.2) is 54.7 Å². The summed E-state index contributed by atoms with van der Waals surface area (Å²) in [6, 6.07) is 11.8. The minimum atomic E-state index is -4.82. The van der Waals surface area contributed by atoms with Crippen LogP contribution in [0.2, 0.25) is 5.02 Å². The molecule has 3 rings (SSSR count). The van der Waals surface area contributed by atoms with E-state index in [1.807, 2.05) is 0 Å². The Labute approximate surface area is 191 Å². The first kappa shape index (κ1) is 24.6. The van der Waals surface area contributed by atoms with Gasteiger partial charge in [0.15, 0.2) is 5.82 Å². The van der Waals surface area contributed by atoms with E-state index in [4.69, 9.17) is 20.6 Å². The lowest BCUT2D eigenvalue weighted by Crippen LogP contribution is -2.19. The highest BCUT2D eigenvalue weighted by Gasteiger charge is 2.31. The van der Waals surface area contributed by atoms with Crippen molar-refractivity contribution in [3.63, 3.8) is 0 Å². The summed E-state index contributed by atoms with van der Waals surface area (Å²) in [4.78, 5) is 8.20. The van der Waals surface area contributed by atoms with Crippen molar-refractivity contribution in [2.45, 2.75) is 6.36 Å². The van der Waals surface area contributed by atoms with E-state index in [-0.39, 0.29) is 27.8 Å². The van der Waals surface area contributed by atoms with Crippen molar-refractivity contribution in [1.82, 2.24) is 9.97 Å². The molecule has 3 N–H and O–H groups in total. The lowest BCUT2D eigenvalue weighted by atomic mass is 10.3. The first-order valence-corrected chi connectivity index (χ1v) is 11.0. The number of para-hydroxylation sites is 1. The fraction of sp³-hybridized carbons (Fsp3) is 0.158. The van der Waals surface area contributed by atoms with Gasteiger partial charge in [-0.25, -0.2) is 4.98 Å². The van der Waals surface area contributed by atoms with Crippen LogP contribution < -0.4 is 26.2 Å². The number of hydrazine groups is 1. The predicted molar refractivity (Wildman–Crippen MR) is 118 cm³/mol. The summed E-state index contributed by atoms with van der Waals surface area (Å²) < 4.78 is 64.1. The normalized spacial score (nSPS) is 11.7. The molecule has 0 saturated carbocycles. The number of nitrogens with one attached hydrogen (secondary N) is 3. The lowest BCUT2D eigenvalue weighted by Gasteiger charge is -2.19. The molecule has 0 radical (unpaired) electrons. The van der Waals surface area contributed by atoms with E-state index in [1.165, 1.54) is 32.5 Å². The van der Waals surface area contributed by atoms with Crippen molar-refractivity contribution in [3.8, 4) is 5.75 Å². The molecule has 14 heteroatoms. The van der Waals surface area contributed by atoms with Gasteiger partial charge >= 0.3 is 14.0 Å². The van der Waals surface area contributed by atoms with E-state index < -0.39 is 19.7 Å². The topological polar surface area (TPSA) is 107 Å². The first-order valence-electron chi connectivity index (χ1n) is 9.12. The number of halogens is 4. The van der Waals surface area contributed by atoms with Crippen LogP contribution in [0.4, 0.5) is 36.3 Å². The molecule has 0 amide bonds. The molecule has 0 aliphatic carbocycles. The molecule has 3 aromatic rings. The largest absolute Gasteiger partial charge is 0.573 e. The monoisotopic (exact) mass is 503 g/mol. The summed E-state index contributed by atoms with van der Waals surface area (Å²) >= 11 is 6.14. The Morgan fingerprint density at radius 1 is 1.03 bits per heavy atom. The Bertz CT molecular complexity index is 1160. The predicted octanol–water partition coefficient (Wildman–Crippen LogP) is 5.32. The van der Waals surface area contributed by atoms with Crippen molar-refractivity contribution in [2.75, 3.05) is 30.4 Å². The number of anilines is 4. The van der Waals surface area contributed by atoms with E-state index >= 15 is 0 Å². The van der Waals surface area contributed by atoms with Gasteiger partial charge in [-0.1, -0.05) is 29.8 Å². The molecule has 0 aliphatic heterocycles. The average Bonchev–Trinajstić information content (AvgIpc) is 2.78. The van der Waals surface area contributed by atoms with E-state index in [1.54, 1.807) is 24.3 Å². The average molecular weight is 504 g/mol. The maximum absolute atomic E-state index is 12.8. The summed E-state index contributed by atoms with van der Waals surface area (Å²) in [6.07, 6.45) is -3.53. The molecule has 176 valence electrons. The number of nitrogens with zero attached hydrogens (tertiary/aromatic N) is 2. The van der Waals surface area contributed by atoms with Crippen molar-refractivity contribution in [3.05, 3.63) is 59.8 Å². The number of aromatic nitrogens is 2. The van der Waals surface area contributed by atoms with Crippen molar-refractivity contribution in [2.24, 2.45) is 0 Å².